The number of nitrogens with one attached hydrogen (secondary N) is 2. The maximum absolute atomic E-state index is 12.1. The summed E-state index contributed by atoms with van der Waals surface area (Å²) in [6.45, 7) is 9.78. The van der Waals surface area contributed by atoms with Crippen LogP contribution in [0.2, 0.25) is 0 Å². The molecule has 1 amide bonds. The topological polar surface area (TPSA) is 54.3 Å². The van der Waals surface area contributed by atoms with Crippen molar-refractivity contribution in [2.24, 2.45) is 0 Å². The van der Waals surface area contributed by atoms with Crippen LogP contribution in [0.1, 0.15) is 46.4 Å². The van der Waals surface area contributed by atoms with E-state index in [4.69, 9.17) is 4.42 Å². The molecular weight excluding hydrogens is 264 g/mol. The summed E-state index contributed by atoms with van der Waals surface area (Å²) < 4.78 is 5.82. The van der Waals surface area contributed by atoms with Crippen LogP contribution < -0.4 is 10.6 Å². The molecule has 0 aliphatic carbocycles. The third-order valence-corrected chi connectivity index (χ3v) is 3.26. The summed E-state index contributed by atoms with van der Waals surface area (Å²) in [7, 11) is 0. The Morgan fingerprint density at radius 3 is 2.48 bits per heavy atom. The minimum absolute atomic E-state index is 0.00883. The normalized spacial score (nSPS) is 14.9. The van der Waals surface area contributed by atoms with Crippen molar-refractivity contribution in [2.75, 3.05) is 0 Å². The van der Waals surface area contributed by atoms with E-state index in [1.807, 2.05) is 65.0 Å². The lowest BCUT2D eigenvalue weighted by Gasteiger charge is -2.25. The summed E-state index contributed by atoms with van der Waals surface area (Å²) in [6.07, 6.45) is 0. The van der Waals surface area contributed by atoms with Gasteiger partial charge in [0.15, 0.2) is 0 Å². The number of rotatable bonds is 4. The summed E-state index contributed by atoms with van der Waals surface area (Å²) >= 11 is 0. The van der Waals surface area contributed by atoms with Gasteiger partial charge in [-0.25, -0.2) is 0 Å². The number of para-hydroxylation sites is 1. The zero-order valence-corrected chi connectivity index (χ0v) is 13.4. The van der Waals surface area contributed by atoms with Gasteiger partial charge in [-0.3, -0.25) is 10.1 Å². The molecule has 4 heteroatoms. The van der Waals surface area contributed by atoms with Crippen molar-refractivity contribution in [1.82, 2.24) is 10.6 Å². The van der Waals surface area contributed by atoms with Crippen molar-refractivity contribution in [2.45, 2.75) is 52.2 Å². The van der Waals surface area contributed by atoms with Crippen LogP contribution in [-0.2, 0) is 4.79 Å². The third-order valence-electron chi connectivity index (χ3n) is 3.26. The van der Waals surface area contributed by atoms with Crippen LogP contribution >= 0.6 is 0 Å². The molecule has 4 nitrogen and oxygen atoms in total. The van der Waals surface area contributed by atoms with E-state index in [0.717, 1.165) is 16.7 Å². The first-order valence-corrected chi connectivity index (χ1v) is 7.33. The number of carbonyl (C=O) groups excluding carboxylic acids is 1. The standard InChI is InChI=1S/C17H24N2O2/c1-11(18-12(2)16(20)19-17(3,4)5)15-10-13-8-6-7-9-14(13)21-15/h6-12,18H,1-5H3,(H,19,20). The average molecular weight is 288 g/mol. The summed E-state index contributed by atoms with van der Waals surface area (Å²) in [4.78, 5) is 12.1. The quantitative estimate of drug-likeness (QED) is 0.906. The van der Waals surface area contributed by atoms with Gasteiger partial charge < -0.3 is 9.73 Å². The smallest absolute Gasteiger partial charge is 0.237 e. The lowest BCUT2D eigenvalue weighted by atomic mass is 10.1. The predicted molar refractivity (Wildman–Crippen MR) is 85.1 cm³/mol. The SMILES string of the molecule is CC(NC(C)c1cc2ccccc2o1)C(=O)NC(C)(C)C. The number of fused-ring (bicyclic) bond motifs is 1. The van der Waals surface area contributed by atoms with Crippen LogP contribution in [0, 0.1) is 0 Å². The van der Waals surface area contributed by atoms with Crippen LogP contribution in [0.25, 0.3) is 11.0 Å². The molecule has 1 heterocycles. The van der Waals surface area contributed by atoms with Gasteiger partial charge in [-0.1, -0.05) is 18.2 Å². The minimum Gasteiger partial charge on any atom is -0.459 e. The Kier molecular flexibility index (Phi) is 4.37. The second kappa shape index (κ2) is 5.90. The number of hydrogen-bond acceptors (Lipinski definition) is 3. The van der Waals surface area contributed by atoms with E-state index in [1.54, 1.807) is 0 Å². The largest absolute Gasteiger partial charge is 0.459 e. The maximum atomic E-state index is 12.1. The van der Waals surface area contributed by atoms with Crippen LogP contribution in [0.15, 0.2) is 34.7 Å². The summed E-state index contributed by atoms with van der Waals surface area (Å²) in [5.74, 6) is 0.831. The molecule has 0 saturated carbocycles. The molecule has 2 N–H and O–H groups in total. The van der Waals surface area contributed by atoms with Gasteiger partial charge in [0.1, 0.15) is 11.3 Å². The second-order valence-corrected chi connectivity index (χ2v) is 6.54. The number of benzene rings is 1. The Balaban J connectivity index is 2.03. The first-order chi connectivity index (χ1) is 9.76. The molecule has 1 aromatic carbocycles. The van der Waals surface area contributed by atoms with E-state index in [-0.39, 0.29) is 23.5 Å². The maximum Gasteiger partial charge on any atom is 0.237 e. The molecular formula is C17H24N2O2. The number of hydrogen-bond donors (Lipinski definition) is 2. The Morgan fingerprint density at radius 1 is 1.19 bits per heavy atom. The van der Waals surface area contributed by atoms with Crippen molar-refractivity contribution in [3.63, 3.8) is 0 Å². The highest BCUT2D eigenvalue weighted by molar-refractivity contribution is 5.82. The number of carbonyl (C=O) groups is 1. The van der Waals surface area contributed by atoms with Crippen molar-refractivity contribution < 1.29 is 9.21 Å². The number of furan rings is 1. The molecule has 2 unspecified atom stereocenters. The monoisotopic (exact) mass is 288 g/mol. The van der Waals surface area contributed by atoms with Gasteiger partial charge >= 0.3 is 0 Å². The van der Waals surface area contributed by atoms with Crippen molar-refractivity contribution in [3.8, 4) is 0 Å². The van der Waals surface area contributed by atoms with Crippen LogP contribution in [0.3, 0.4) is 0 Å². The molecule has 0 aliphatic rings. The van der Waals surface area contributed by atoms with E-state index < -0.39 is 0 Å². The molecule has 114 valence electrons. The highest BCUT2D eigenvalue weighted by Gasteiger charge is 2.22. The second-order valence-electron chi connectivity index (χ2n) is 6.54. The molecule has 0 bridgehead atoms. The van der Waals surface area contributed by atoms with Crippen LogP contribution in [0.4, 0.5) is 0 Å². The Bertz CT molecular complexity index is 592. The molecule has 0 fully saturated rings. The van der Waals surface area contributed by atoms with E-state index >= 15 is 0 Å². The number of amides is 1. The van der Waals surface area contributed by atoms with Crippen LogP contribution in [-0.4, -0.2) is 17.5 Å². The lowest BCUT2D eigenvalue weighted by Crippen LogP contribution is -2.49. The zero-order valence-electron chi connectivity index (χ0n) is 13.4. The van der Waals surface area contributed by atoms with Crippen molar-refractivity contribution >= 4 is 16.9 Å². The summed E-state index contributed by atoms with van der Waals surface area (Å²) in [5, 5.41) is 7.32. The zero-order chi connectivity index (χ0) is 15.6. The lowest BCUT2D eigenvalue weighted by molar-refractivity contribution is -0.124. The summed E-state index contributed by atoms with van der Waals surface area (Å²) in [5.41, 5.74) is 0.642. The van der Waals surface area contributed by atoms with E-state index in [0.29, 0.717) is 0 Å². The molecule has 0 spiro atoms. The van der Waals surface area contributed by atoms with E-state index in [1.165, 1.54) is 0 Å². The predicted octanol–water partition coefficient (Wildman–Crippen LogP) is 3.39. The highest BCUT2D eigenvalue weighted by atomic mass is 16.3. The molecule has 0 saturated heterocycles. The fourth-order valence-corrected chi connectivity index (χ4v) is 2.23. The molecule has 21 heavy (non-hydrogen) atoms. The molecule has 2 rings (SSSR count). The minimum atomic E-state index is -0.285. The van der Waals surface area contributed by atoms with E-state index in [9.17, 15) is 4.79 Å². The van der Waals surface area contributed by atoms with Crippen molar-refractivity contribution in [3.05, 3.63) is 36.1 Å². The van der Waals surface area contributed by atoms with Gasteiger partial charge in [0.2, 0.25) is 5.91 Å². The van der Waals surface area contributed by atoms with Gasteiger partial charge in [0.25, 0.3) is 0 Å². The van der Waals surface area contributed by atoms with Gasteiger partial charge in [-0.15, -0.1) is 0 Å². The molecule has 2 atom stereocenters. The molecule has 2 aromatic rings. The molecule has 0 aliphatic heterocycles. The Hall–Kier alpha value is -1.81. The highest BCUT2D eigenvalue weighted by Crippen LogP contribution is 2.23. The first-order valence-electron chi connectivity index (χ1n) is 7.33. The van der Waals surface area contributed by atoms with Gasteiger partial charge in [0, 0.05) is 10.9 Å². The average Bonchev–Trinajstić information content (AvgIpc) is 2.80. The van der Waals surface area contributed by atoms with Crippen LogP contribution in [0.5, 0.6) is 0 Å². The fourth-order valence-electron chi connectivity index (χ4n) is 2.23. The van der Waals surface area contributed by atoms with Gasteiger partial charge in [-0.2, -0.15) is 0 Å². The fraction of sp³-hybridized carbons (Fsp3) is 0.471. The third kappa shape index (κ3) is 4.08. The first kappa shape index (κ1) is 15.6. The van der Waals surface area contributed by atoms with E-state index in [2.05, 4.69) is 10.6 Å². The molecule has 1 aromatic heterocycles. The van der Waals surface area contributed by atoms with Gasteiger partial charge in [-0.05, 0) is 46.8 Å². The van der Waals surface area contributed by atoms with Gasteiger partial charge in [0.05, 0.1) is 12.1 Å². The summed E-state index contributed by atoms with van der Waals surface area (Å²) in [6, 6.07) is 9.60. The Morgan fingerprint density at radius 2 is 1.86 bits per heavy atom. The molecule has 0 radical (unpaired) electrons. The Labute approximate surface area is 125 Å². The van der Waals surface area contributed by atoms with Crippen molar-refractivity contribution in [1.29, 1.82) is 0 Å².